The Labute approximate surface area is 230 Å². The Balaban J connectivity index is -0.0000000832. The number of hydrogen-bond donors (Lipinski definition) is 0. The highest BCUT2D eigenvalue weighted by Gasteiger charge is 1.92. The van der Waals surface area contributed by atoms with Crippen LogP contribution in [0, 0.1) is 13.8 Å². The molecule has 0 nitrogen and oxygen atoms in total. The molecule has 2 rings (SSSR count). The lowest BCUT2D eigenvalue weighted by Crippen LogP contribution is -2.20. The van der Waals surface area contributed by atoms with Gasteiger partial charge in [-0.25, -0.2) is 0 Å². The number of hydrogen-bond acceptors (Lipinski definition) is 0. The summed E-state index contributed by atoms with van der Waals surface area (Å²) in [4.78, 5) is 0. The van der Waals surface area contributed by atoms with Gasteiger partial charge in [-0.05, 0) is 70.4 Å². The van der Waals surface area contributed by atoms with Crippen LogP contribution in [-0.2, 0) is 6.42 Å². The van der Waals surface area contributed by atoms with Crippen LogP contribution >= 0.6 is 0 Å². The molecule has 0 saturated carbocycles. The van der Waals surface area contributed by atoms with Crippen LogP contribution in [0.1, 0.15) is 120 Å². The normalized spacial score (nSPS) is 7.44. The third kappa shape index (κ3) is 38.9. The van der Waals surface area contributed by atoms with E-state index in [9.17, 15) is 0 Å². The van der Waals surface area contributed by atoms with Crippen molar-refractivity contribution in [3.8, 4) is 0 Å². The summed E-state index contributed by atoms with van der Waals surface area (Å²) in [6, 6.07) is 14.8. The van der Waals surface area contributed by atoms with Gasteiger partial charge in [0, 0.05) is 0 Å². The Morgan fingerprint density at radius 2 is 1.00 bits per heavy atom. The lowest BCUT2D eigenvalue weighted by atomic mass is 10.1. The third-order valence-electron chi connectivity index (χ3n) is 3.90. The van der Waals surface area contributed by atoms with E-state index in [2.05, 4.69) is 77.8 Å². The summed E-state index contributed by atoms with van der Waals surface area (Å²) < 4.78 is 0. The summed E-state index contributed by atoms with van der Waals surface area (Å²) in [6.45, 7) is 43.9. The summed E-state index contributed by atoms with van der Waals surface area (Å²) in [7, 11) is 0. The van der Waals surface area contributed by atoms with E-state index in [4.69, 9.17) is 0 Å². The number of aryl methyl sites for hydroxylation is 3. The molecule has 0 N–H and O–H groups in total. The van der Waals surface area contributed by atoms with Crippen molar-refractivity contribution in [2.45, 2.75) is 124 Å². The fraction of sp³-hybridized carbons (Fsp3) is 0.500. The minimum Gasteiger partial charge on any atom is -0.100 e. The van der Waals surface area contributed by atoms with Crippen LogP contribution in [0.2, 0.25) is 0 Å². The van der Waals surface area contributed by atoms with E-state index in [1.54, 1.807) is 0 Å². The molecule has 0 fully saturated rings. The van der Waals surface area contributed by atoms with Gasteiger partial charge in [0.2, 0.25) is 0 Å². The van der Waals surface area contributed by atoms with Crippen molar-refractivity contribution in [3.05, 3.63) is 93.4 Å². The fourth-order valence-corrected chi connectivity index (χ4v) is 1.87. The molecule has 0 saturated heterocycles. The largest absolute Gasteiger partial charge is 0.100 e. The van der Waals surface area contributed by atoms with E-state index in [-0.39, 0.29) is 0 Å². The van der Waals surface area contributed by atoms with Gasteiger partial charge >= 0.3 is 0 Å². The van der Waals surface area contributed by atoms with E-state index in [1.165, 1.54) is 27.8 Å². The second-order valence-electron chi connectivity index (χ2n) is 7.08. The molecule has 0 unspecified atom stereocenters. The highest BCUT2D eigenvalue weighted by atomic mass is 14.0. The highest BCUT2D eigenvalue weighted by molar-refractivity contribution is 5.22. The van der Waals surface area contributed by atoms with Gasteiger partial charge in [-0.15, -0.1) is 6.58 Å². The molecule has 210 valence electrons. The molecule has 0 heterocycles. The lowest BCUT2D eigenvalue weighted by molar-refractivity contribution is 0.945. The van der Waals surface area contributed by atoms with Gasteiger partial charge in [0.05, 0.1) is 0 Å². The smallest absolute Gasteiger partial charge is 0.0242 e. The van der Waals surface area contributed by atoms with Crippen molar-refractivity contribution in [2.24, 2.45) is 0 Å². The maximum Gasteiger partial charge on any atom is -0.0242 e. The van der Waals surface area contributed by atoms with E-state index < -0.39 is 0 Å². The molecular weight excluding hydrogens is 432 g/mol. The molecule has 0 aliphatic carbocycles. The van der Waals surface area contributed by atoms with Crippen LogP contribution in [0.5, 0.6) is 0 Å². The van der Waals surface area contributed by atoms with Gasteiger partial charge in [0.15, 0.2) is 0 Å². The first-order valence-electron chi connectivity index (χ1n) is 14.2. The molecule has 0 atom stereocenters. The Morgan fingerprint density at radius 3 is 1.28 bits per heavy atom. The average Bonchev–Trinajstić information content (AvgIpc) is 2.92. The fourth-order valence-electron chi connectivity index (χ4n) is 1.87. The van der Waals surface area contributed by atoms with Crippen LogP contribution in [-0.4, -0.2) is 0 Å². The van der Waals surface area contributed by atoms with Crippen molar-refractivity contribution in [3.63, 3.8) is 0 Å². The molecule has 0 aliphatic heterocycles. The van der Waals surface area contributed by atoms with Crippen molar-refractivity contribution < 1.29 is 0 Å². The predicted molar refractivity (Wildman–Crippen MR) is 178 cm³/mol. The summed E-state index contributed by atoms with van der Waals surface area (Å²) in [5.41, 5.74) is 6.62. The zero-order valence-electron chi connectivity index (χ0n) is 27.7. The van der Waals surface area contributed by atoms with E-state index in [0.717, 1.165) is 23.3 Å². The first-order valence-corrected chi connectivity index (χ1v) is 14.2. The number of benzene rings is 2. The van der Waals surface area contributed by atoms with Crippen LogP contribution in [0.3, 0.4) is 0 Å². The zero-order chi connectivity index (χ0) is 30.1. The minimum atomic E-state index is 1.01. The molecule has 2 aromatic carbocycles. The molecule has 0 bridgehead atoms. The predicted octanol–water partition coefficient (Wildman–Crippen LogP) is 11.4. The summed E-state index contributed by atoms with van der Waals surface area (Å²) in [5, 5.41) is 2.04. The van der Waals surface area contributed by atoms with Gasteiger partial charge < -0.3 is 0 Å². The summed E-state index contributed by atoms with van der Waals surface area (Å²) in [5.74, 6) is 0. The monoisotopic (exact) mass is 499 g/mol. The number of rotatable bonds is 3. The molecule has 0 aliphatic rings. The quantitative estimate of drug-likeness (QED) is 0.369. The first kappa shape index (κ1) is 46.9. The van der Waals surface area contributed by atoms with Crippen molar-refractivity contribution >= 4 is 13.2 Å². The maximum absolute atomic E-state index is 3.89. The minimum absolute atomic E-state index is 1.01. The third-order valence-corrected chi connectivity index (χ3v) is 3.90. The zero-order valence-corrected chi connectivity index (χ0v) is 27.7. The molecule has 0 aromatic heterocycles. The molecule has 0 radical (unpaired) electrons. The standard InChI is InChI=1S/C12H16.C9H10.C5H10.5C2H6/c1-10(2)4-7-12-8-5-11(3)6-9-12;1-7-4-5-8(2)9(3)6-7;1-4-5(2)3;5*1-2/h5-6,8-9H,1,4,7H2,2-3H3;4-6H,2-3H2,1H3;4H,1-3H3;5*1-2H3. The maximum atomic E-state index is 3.89. The molecular formula is C36H66. The average molecular weight is 499 g/mol. The summed E-state index contributed by atoms with van der Waals surface area (Å²) >= 11 is 0. The van der Waals surface area contributed by atoms with Gasteiger partial charge in [-0.3, -0.25) is 0 Å². The topological polar surface area (TPSA) is 0 Å². The SMILES string of the molecule is C=C(C)CCc1ccc(C)cc1.C=c1ccc(C)cc1=C.CC.CC.CC.CC.CC.CC=C(C)C. The van der Waals surface area contributed by atoms with Crippen molar-refractivity contribution in [2.75, 3.05) is 0 Å². The molecule has 36 heavy (non-hydrogen) atoms. The van der Waals surface area contributed by atoms with E-state index in [0.29, 0.717) is 0 Å². The van der Waals surface area contributed by atoms with Gasteiger partial charge in [-0.1, -0.05) is 153 Å². The lowest BCUT2D eigenvalue weighted by Gasteiger charge is -2.00. The Bertz CT molecular complexity index is 785. The van der Waals surface area contributed by atoms with E-state index in [1.807, 2.05) is 101 Å². The van der Waals surface area contributed by atoms with Crippen LogP contribution in [0.25, 0.3) is 13.2 Å². The van der Waals surface area contributed by atoms with Gasteiger partial charge in [-0.2, -0.15) is 0 Å². The molecule has 0 heteroatoms. The van der Waals surface area contributed by atoms with Gasteiger partial charge in [0.1, 0.15) is 0 Å². The van der Waals surface area contributed by atoms with Crippen molar-refractivity contribution in [1.82, 2.24) is 0 Å². The molecule has 0 spiro atoms. The summed E-state index contributed by atoms with van der Waals surface area (Å²) in [6.07, 6.45) is 4.30. The van der Waals surface area contributed by atoms with Crippen molar-refractivity contribution in [1.29, 1.82) is 0 Å². The van der Waals surface area contributed by atoms with Crippen LogP contribution in [0.4, 0.5) is 0 Å². The Morgan fingerprint density at radius 1 is 0.639 bits per heavy atom. The van der Waals surface area contributed by atoms with E-state index >= 15 is 0 Å². The van der Waals surface area contributed by atoms with Crippen LogP contribution in [0.15, 0.2) is 66.3 Å². The Hall–Kier alpha value is -2.34. The molecule has 0 amide bonds. The second-order valence-corrected chi connectivity index (χ2v) is 7.08. The van der Waals surface area contributed by atoms with Crippen LogP contribution < -0.4 is 10.4 Å². The second kappa shape index (κ2) is 39.9. The highest BCUT2D eigenvalue weighted by Crippen LogP contribution is 2.08. The first-order chi connectivity index (χ1) is 17.1. The Kier molecular flexibility index (Phi) is 52.0. The number of allylic oxidation sites excluding steroid dienone is 3. The molecule has 2 aromatic rings. The van der Waals surface area contributed by atoms with Gasteiger partial charge in [0.25, 0.3) is 0 Å².